The molecule has 2 heterocycles. The molecule has 0 spiro atoms. The predicted octanol–water partition coefficient (Wildman–Crippen LogP) is 3.11. The number of H-pyrrole nitrogens is 1. The second kappa shape index (κ2) is 4.33. The van der Waals surface area contributed by atoms with Gasteiger partial charge in [0.15, 0.2) is 11.5 Å². The lowest BCUT2D eigenvalue weighted by molar-refractivity contribution is 0.0692. The summed E-state index contributed by atoms with van der Waals surface area (Å²) in [6.07, 6.45) is 3.50. The van der Waals surface area contributed by atoms with Crippen molar-refractivity contribution in [1.82, 2.24) is 19.5 Å². The van der Waals surface area contributed by atoms with Crippen molar-refractivity contribution in [2.45, 2.75) is 18.9 Å². The summed E-state index contributed by atoms with van der Waals surface area (Å²) in [6, 6.07) is 5.87. The van der Waals surface area contributed by atoms with E-state index in [9.17, 15) is 9.90 Å². The number of carboxylic acid groups (broad SMARTS) is 1. The van der Waals surface area contributed by atoms with E-state index in [0.717, 1.165) is 23.9 Å². The lowest BCUT2D eigenvalue weighted by Gasteiger charge is -2.06. The van der Waals surface area contributed by atoms with E-state index in [1.807, 2.05) is 12.1 Å². The van der Waals surface area contributed by atoms with Gasteiger partial charge >= 0.3 is 5.97 Å². The van der Waals surface area contributed by atoms with Gasteiger partial charge < -0.3 is 14.7 Å². The van der Waals surface area contributed by atoms with Crippen molar-refractivity contribution < 1.29 is 9.90 Å². The Bertz CT molecular complexity index is 863. The number of aromatic nitrogens is 4. The van der Waals surface area contributed by atoms with Crippen molar-refractivity contribution >= 4 is 28.6 Å². The van der Waals surface area contributed by atoms with Crippen molar-refractivity contribution in [2.24, 2.45) is 0 Å². The van der Waals surface area contributed by atoms with E-state index in [1.54, 1.807) is 6.07 Å². The van der Waals surface area contributed by atoms with Crippen LogP contribution in [0.4, 0.5) is 0 Å². The molecule has 0 radical (unpaired) electrons. The Kier molecular flexibility index (Phi) is 2.56. The molecule has 2 N–H and O–H groups in total. The van der Waals surface area contributed by atoms with E-state index in [2.05, 4.69) is 19.5 Å². The molecular weight excluding hydrogens is 292 g/mol. The molecule has 21 heavy (non-hydrogen) atoms. The Balaban J connectivity index is 2.01. The zero-order valence-corrected chi connectivity index (χ0v) is 11.6. The molecule has 1 fully saturated rings. The molecule has 0 aliphatic heterocycles. The summed E-state index contributed by atoms with van der Waals surface area (Å²) in [4.78, 5) is 22.6. The largest absolute Gasteiger partial charge is 0.477 e. The minimum absolute atomic E-state index is 0.0540. The third-order valence-electron chi connectivity index (χ3n) is 3.63. The van der Waals surface area contributed by atoms with Crippen molar-refractivity contribution in [2.75, 3.05) is 0 Å². The molecule has 6 nitrogen and oxygen atoms in total. The highest BCUT2D eigenvalue weighted by Crippen LogP contribution is 2.41. The molecule has 2 aromatic heterocycles. The summed E-state index contributed by atoms with van der Waals surface area (Å²) >= 11 is 6.02. The average Bonchev–Trinajstić information content (AvgIpc) is 3.03. The van der Waals surface area contributed by atoms with Gasteiger partial charge in [-0.05, 0) is 31.0 Å². The number of nitrogens with zero attached hydrogens (tertiary/aromatic N) is 3. The number of fused-ring (bicyclic) bond motifs is 1. The first-order valence-corrected chi connectivity index (χ1v) is 6.97. The lowest BCUT2D eigenvalue weighted by atomic mass is 10.3. The summed E-state index contributed by atoms with van der Waals surface area (Å²) in [5, 5.41) is 9.86. The van der Waals surface area contributed by atoms with Crippen LogP contribution in [0.3, 0.4) is 0 Å². The van der Waals surface area contributed by atoms with Crippen LogP contribution in [-0.2, 0) is 0 Å². The normalized spacial score (nSPS) is 14.7. The van der Waals surface area contributed by atoms with Crippen LogP contribution in [0, 0.1) is 0 Å². The van der Waals surface area contributed by atoms with Gasteiger partial charge in [-0.1, -0.05) is 11.6 Å². The average molecular weight is 303 g/mol. The van der Waals surface area contributed by atoms with Crippen LogP contribution >= 0.6 is 11.6 Å². The fraction of sp³-hybridized carbons (Fsp3) is 0.214. The molecule has 1 aliphatic rings. The third kappa shape index (κ3) is 1.91. The summed E-state index contributed by atoms with van der Waals surface area (Å²) in [6.45, 7) is 0. The molecule has 106 valence electrons. The maximum Gasteiger partial charge on any atom is 0.354 e. The van der Waals surface area contributed by atoms with E-state index in [0.29, 0.717) is 22.6 Å². The molecule has 1 saturated carbocycles. The van der Waals surface area contributed by atoms with Gasteiger partial charge in [0.05, 0.1) is 17.4 Å². The van der Waals surface area contributed by atoms with Gasteiger partial charge in [-0.25, -0.2) is 14.8 Å². The predicted molar refractivity (Wildman–Crippen MR) is 77.6 cm³/mol. The molecule has 3 aromatic rings. The van der Waals surface area contributed by atoms with Crippen LogP contribution in [-0.4, -0.2) is 30.6 Å². The van der Waals surface area contributed by atoms with Gasteiger partial charge in [-0.3, -0.25) is 0 Å². The van der Waals surface area contributed by atoms with Gasteiger partial charge in [-0.2, -0.15) is 0 Å². The van der Waals surface area contributed by atoms with Crippen LogP contribution in [0.2, 0.25) is 5.02 Å². The third-order valence-corrected chi connectivity index (χ3v) is 3.86. The zero-order chi connectivity index (χ0) is 14.6. The van der Waals surface area contributed by atoms with Crippen molar-refractivity contribution in [3.8, 4) is 11.5 Å². The maximum atomic E-state index is 11.3. The Morgan fingerprint density at radius 2 is 2.24 bits per heavy atom. The first kappa shape index (κ1) is 12.4. The van der Waals surface area contributed by atoms with Gasteiger partial charge in [0.2, 0.25) is 0 Å². The number of aromatic carboxylic acids is 1. The van der Waals surface area contributed by atoms with Crippen molar-refractivity contribution in [1.29, 1.82) is 0 Å². The Labute approximate surface area is 124 Å². The number of aromatic amines is 1. The molecule has 0 amide bonds. The Hall–Kier alpha value is -2.34. The maximum absolute atomic E-state index is 11.3. The zero-order valence-electron chi connectivity index (χ0n) is 10.9. The van der Waals surface area contributed by atoms with Gasteiger partial charge in [0.25, 0.3) is 0 Å². The summed E-state index contributed by atoms with van der Waals surface area (Å²) in [5.74, 6) is -0.469. The number of nitrogens with one attached hydrogen (secondary N) is 1. The number of imidazole rings is 2. The Morgan fingerprint density at radius 1 is 1.43 bits per heavy atom. The standard InChI is InChI=1S/C14H11ClN4O2/c15-7-1-4-10-9(5-7)18-13(19(10)8-2-3-8)11-12(14(20)21)17-6-16-11/h1,4-6,8H,2-3H2,(H,16,17)(H,20,21). The molecular formula is C14H11ClN4O2. The summed E-state index contributed by atoms with van der Waals surface area (Å²) in [5.41, 5.74) is 2.13. The Morgan fingerprint density at radius 3 is 2.95 bits per heavy atom. The number of carboxylic acids is 1. The number of halogens is 1. The van der Waals surface area contributed by atoms with Crippen LogP contribution in [0.25, 0.3) is 22.6 Å². The van der Waals surface area contributed by atoms with Gasteiger partial charge in [0.1, 0.15) is 5.69 Å². The highest BCUT2D eigenvalue weighted by atomic mass is 35.5. The van der Waals surface area contributed by atoms with Gasteiger partial charge in [0, 0.05) is 11.1 Å². The van der Waals surface area contributed by atoms with Crippen LogP contribution in [0.5, 0.6) is 0 Å². The van der Waals surface area contributed by atoms with E-state index >= 15 is 0 Å². The quantitative estimate of drug-likeness (QED) is 0.778. The van der Waals surface area contributed by atoms with Crippen molar-refractivity contribution in [3.63, 3.8) is 0 Å². The fourth-order valence-corrected chi connectivity index (χ4v) is 2.73. The summed E-state index contributed by atoms with van der Waals surface area (Å²) in [7, 11) is 0. The second-order valence-corrected chi connectivity index (χ2v) is 5.54. The highest BCUT2D eigenvalue weighted by molar-refractivity contribution is 6.31. The first-order chi connectivity index (χ1) is 10.1. The van der Waals surface area contributed by atoms with E-state index in [4.69, 9.17) is 11.6 Å². The van der Waals surface area contributed by atoms with E-state index in [-0.39, 0.29) is 5.69 Å². The molecule has 7 heteroatoms. The van der Waals surface area contributed by atoms with Crippen LogP contribution < -0.4 is 0 Å². The molecule has 0 unspecified atom stereocenters. The van der Waals surface area contributed by atoms with Crippen LogP contribution in [0.15, 0.2) is 24.5 Å². The number of rotatable bonds is 3. The molecule has 0 atom stereocenters. The van der Waals surface area contributed by atoms with Crippen LogP contribution in [0.1, 0.15) is 29.4 Å². The van der Waals surface area contributed by atoms with E-state index in [1.165, 1.54) is 6.33 Å². The topological polar surface area (TPSA) is 83.8 Å². The first-order valence-electron chi connectivity index (χ1n) is 6.59. The SMILES string of the molecule is O=C(O)c1[nH]cnc1-c1nc2cc(Cl)ccc2n1C1CC1. The number of carbonyl (C=O) groups is 1. The van der Waals surface area contributed by atoms with E-state index < -0.39 is 5.97 Å². The smallest absolute Gasteiger partial charge is 0.354 e. The molecule has 0 saturated heterocycles. The lowest BCUT2D eigenvalue weighted by Crippen LogP contribution is -2.04. The molecule has 1 aliphatic carbocycles. The number of benzene rings is 1. The summed E-state index contributed by atoms with van der Waals surface area (Å²) < 4.78 is 2.06. The van der Waals surface area contributed by atoms with Crippen molar-refractivity contribution in [3.05, 3.63) is 35.2 Å². The monoisotopic (exact) mass is 302 g/mol. The minimum Gasteiger partial charge on any atom is -0.477 e. The van der Waals surface area contributed by atoms with Gasteiger partial charge in [-0.15, -0.1) is 0 Å². The second-order valence-electron chi connectivity index (χ2n) is 5.10. The molecule has 0 bridgehead atoms. The molecule has 4 rings (SSSR count). The number of hydrogen-bond acceptors (Lipinski definition) is 3. The minimum atomic E-state index is -1.05. The highest BCUT2D eigenvalue weighted by Gasteiger charge is 2.31. The molecule has 1 aromatic carbocycles. The number of hydrogen-bond donors (Lipinski definition) is 2. The fourth-order valence-electron chi connectivity index (χ4n) is 2.57.